The van der Waals surface area contributed by atoms with Crippen LogP contribution in [0.25, 0.3) is 5.69 Å². The number of aromatic nitrogens is 4. The molecule has 2 atom stereocenters. The largest absolute Gasteiger partial charge is 0.349 e. The summed E-state index contributed by atoms with van der Waals surface area (Å²) in [4.78, 5) is 12.5. The Hall–Kier alpha value is -2.67. The molecule has 3 aromatic rings. The first kappa shape index (κ1) is 18.1. The Kier molecular flexibility index (Phi) is 5.68. The molecule has 2 unspecified atom stereocenters. The minimum absolute atomic E-state index is 0.0511. The Bertz CT molecular complexity index is 863. The van der Waals surface area contributed by atoms with Crippen LogP contribution >= 0.6 is 11.8 Å². The van der Waals surface area contributed by atoms with Gasteiger partial charge in [0.05, 0.1) is 17.0 Å². The van der Waals surface area contributed by atoms with E-state index in [4.69, 9.17) is 0 Å². The van der Waals surface area contributed by atoms with Gasteiger partial charge in [-0.15, -0.1) is 5.10 Å². The van der Waals surface area contributed by atoms with Crippen LogP contribution in [0.15, 0.2) is 59.8 Å². The molecule has 2 aromatic carbocycles. The molecule has 1 N–H and O–H groups in total. The van der Waals surface area contributed by atoms with E-state index in [-0.39, 0.29) is 17.2 Å². The zero-order valence-corrected chi connectivity index (χ0v) is 15.8. The SMILES string of the molecule is Cc1ccc(-n2nnnc2SC(C)C(=O)NC(C)c2ccccc2)cc1. The van der Waals surface area contributed by atoms with Crippen LogP contribution in [0.1, 0.15) is 31.0 Å². The van der Waals surface area contributed by atoms with Crippen LogP contribution in [0.5, 0.6) is 0 Å². The smallest absolute Gasteiger partial charge is 0.233 e. The second-order valence-electron chi connectivity index (χ2n) is 6.11. The second kappa shape index (κ2) is 8.14. The first-order chi connectivity index (χ1) is 12.5. The summed E-state index contributed by atoms with van der Waals surface area (Å²) in [7, 11) is 0. The predicted molar refractivity (Wildman–Crippen MR) is 102 cm³/mol. The van der Waals surface area contributed by atoms with Crippen LogP contribution < -0.4 is 5.32 Å². The number of nitrogens with one attached hydrogen (secondary N) is 1. The molecule has 1 aromatic heterocycles. The number of hydrogen-bond acceptors (Lipinski definition) is 5. The van der Waals surface area contributed by atoms with E-state index in [1.54, 1.807) is 4.68 Å². The molecule has 0 radical (unpaired) electrons. The molecule has 1 heterocycles. The van der Waals surface area contributed by atoms with Gasteiger partial charge in [-0.3, -0.25) is 4.79 Å². The van der Waals surface area contributed by atoms with Gasteiger partial charge in [-0.2, -0.15) is 4.68 Å². The molecule has 134 valence electrons. The Balaban J connectivity index is 1.67. The van der Waals surface area contributed by atoms with E-state index < -0.39 is 0 Å². The second-order valence-corrected chi connectivity index (χ2v) is 7.42. The van der Waals surface area contributed by atoms with E-state index in [2.05, 4.69) is 20.8 Å². The fourth-order valence-corrected chi connectivity index (χ4v) is 3.28. The molecule has 0 aliphatic rings. The topological polar surface area (TPSA) is 72.7 Å². The maximum Gasteiger partial charge on any atom is 0.233 e. The van der Waals surface area contributed by atoms with Crippen LogP contribution in [0.3, 0.4) is 0 Å². The number of aryl methyl sites for hydroxylation is 1. The number of nitrogens with zero attached hydrogens (tertiary/aromatic N) is 4. The molecule has 0 fully saturated rings. The number of tetrazole rings is 1. The highest BCUT2D eigenvalue weighted by molar-refractivity contribution is 8.00. The number of amides is 1. The van der Waals surface area contributed by atoms with E-state index in [1.807, 2.05) is 75.4 Å². The van der Waals surface area contributed by atoms with E-state index in [0.717, 1.165) is 11.3 Å². The van der Waals surface area contributed by atoms with Crippen molar-refractivity contribution >= 4 is 17.7 Å². The van der Waals surface area contributed by atoms with Crippen LogP contribution in [0.2, 0.25) is 0 Å². The molecule has 0 saturated heterocycles. The van der Waals surface area contributed by atoms with Gasteiger partial charge in [0.15, 0.2) is 0 Å². The highest BCUT2D eigenvalue weighted by atomic mass is 32.2. The van der Waals surface area contributed by atoms with E-state index in [0.29, 0.717) is 5.16 Å². The fraction of sp³-hybridized carbons (Fsp3) is 0.263. The van der Waals surface area contributed by atoms with Gasteiger partial charge in [0.2, 0.25) is 11.1 Å². The van der Waals surface area contributed by atoms with Crippen LogP contribution in [0.4, 0.5) is 0 Å². The van der Waals surface area contributed by atoms with E-state index >= 15 is 0 Å². The molecule has 26 heavy (non-hydrogen) atoms. The number of hydrogen-bond donors (Lipinski definition) is 1. The zero-order valence-electron chi connectivity index (χ0n) is 15.0. The summed E-state index contributed by atoms with van der Waals surface area (Å²) in [6.45, 7) is 5.85. The fourth-order valence-electron chi connectivity index (χ4n) is 2.47. The highest BCUT2D eigenvalue weighted by Crippen LogP contribution is 2.24. The molecule has 0 aliphatic carbocycles. The van der Waals surface area contributed by atoms with Crippen molar-refractivity contribution in [2.45, 2.75) is 37.2 Å². The maximum absolute atomic E-state index is 12.5. The molecule has 0 spiro atoms. The monoisotopic (exact) mass is 367 g/mol. The third-order valence-electron chi connectivity index (χ3n) is 4.03. The Morgan fingerprint density at radius 3 is 2.46 bits per heavy atom. The molecule has 1 amide bonds. The molecule has 0 bridgehead atoms. The summed E-state index contributed by atoms with van der Waals surface area (Å²) in [5, 5.41) is 15.2. The van der Waals surface area contributed by atoms with Crippen molar-refractivity contribution in [2.24, 2.45) is 0 Å². The minimum atomic E-state index is -0.323. The van der Waals surface area contributed by atoms with E-state index in [1.165, 1.54) is 17.3 Å². The van der Waals surface area contributed by atoms with Gasteiger partial charge in [-0.25, -0.2) is 0 Å². The Morgan fingerprint density at radius 2 is 1.77 bits per heavy atom. The molecule has 6 nitrogen and oxygen atoms in total. The molecule has 3 rings (SSSR count). The van der Waals surface area contributed by atoms with Gasteiger partial charge < -0.3 is 5.32 Å². The van der Waals surface area contributed by atoms with Gasteiger partial charge in [0, 0.05) is 0 Å². The Morgan fingerprint density at radius 1 is 1.08 bits per heavy atom. The standard InChI is InChI=1S/C19H21N5OS/c1-13-9-11-17(12-10-13)24-19(21-22-23-24)26-15(3)18(25)20-14(2)16-7-5-4-6-8-16/h4-12,14-15H,1-3H3,(H,20,25). The lowest BCUT2D eigenvalue weighted by Gasteiger charge is -2.17. The van der Waals surface area contributed by atoms with Gasteiger partial charge >= 0.3 is 0 Å². The van der Waals surface area contributed by atoms with Crippen molar-refractivity contribution < 1.29 is 4.79 Å². The van der Waals surface area contributed by atoms with Gasteiger partial charge in [0.1, 0.15) is 0 Å². The molecular weight excluding hydrogens is 346 g/mol. The van der Waals surface area contributed by atoms with Crippen molar-refractivity contribution in [1.82, 2.24) is 25.5 Å². The molecule has 7 heteroatoms. The van der Waals surface area contributed by atoms with Crippen molar-refractivity contribution in [3.8, 4) is 5.69 Å². The van der Waals surface area contributed by atoms with Gasteiger partial charge in [0.25, 0.3) is 0 Å². The molecule has 0 saturated carbocycles. The molecular formula is C19H21N5OS. The number of thioether (sulfide) groups is 1. The van der Waals surface area contributed by atoms with Crippen LogP contribution in [0, 0.1) is 6.92 Å². The van der Waals surface area contributed by atoms with Crippen LogP contribution in [-0.2, 0) is 4.79 Å². The number of rotatable bonds is 6. The van der Waals surface area contributed by atoms with Crippen molar-refractivity contribution in [3.05, 3.63) is 65.7 Å². The van der Waals surface area contributed by atoms with Crippen molar-refractivity contribution in [1.29, 1.82) is 0 Å². The summed E-state index contributed by atoms with van der Waals surface area (Å²) in [5.74, 6) is -0.0511. The lowest BCUT2D eigenvalue weighted by Crippen LogP contribution is -2.33. The summed E-state index contributed by atoms with van der Waals surface area (Å²) < 4.78 is 1.65. The lowest BCUT2D eigenvalue weighted by molar-refractivity contribution is -0.120. The summed E-state index contributed by atoms with van der Waals surface area (Å²) in [6.07, 6.45) is 0. The zero-order chi connectivity index (χ0) is 18.5. The number of carbonyl (C=O) groups excluding carboxylic acids is 1. The molecule has 0 aliphatic heterocycles. The quantitative estimate of drug-likeness (QED) is 0.677. The van der Waals surface area contributed by atoms with Gasteiger partial charge in [-0.05, 0) is 48.9 Å². The first-order valence-electron chi connectivity index (χ1n) is 8.42. The van der Waals surface area contributed by atoms with Crippen molar-refractivity contribution in [2.75, 3.05) is 0 Å². The predicted octanol–water partition coefficient (Wildman–Crippen LogP) is 3.33. The Labute approximate surface area is 157 Å². The van der Waals surface area contributed by atoms with E-state index in [9.17, 15) is 4.79 Å². The average Bonchev–Trinajstić information content (AvgIpc) is 3.11. The summed E-state index contributed by atoms with van der Waals surface area (Å²) >= 11 is 1.34. The lowest BCUT2D eigenvalue weighted by atomic mass is 10.1. The summed E-state index contributed by atoms with van der Waals surface area (Å²) in [5.41, 5.74) is 3.11. The number of carbonyl (C=O) groups is 1. The number of benzene rings is 2. The first-order valence-corrected chi connectivity index (χ1v) is 9.30. The summed E-state index contributed by atoms with van der Waals surface area (Å²) in [6, 6.07) is 17.8. The average molecular weight is 367 g/mol. The van der Waals surface area contributed by atoms with Gasteiger partial charge in [-0.1, -0.05) is 59.8 Å². The highest BCUT2D eigenvalue weighted by Gasteiger charge is 2.21. The third-order valence-corrected chi connectivity index (χ3v) is 5.06. The maximum atomic E-state index is 12.5. The van der Waals surface area contributed by atoms with Crippen molar-refractivity contribution in [3.63, 3.8) is 0 Å². The third kappa shape index (κ3) is 4.29. The normalized spacial score (nSPS) is 13.2. The van der Waals surface area contributed by atoms with Crippen LogP contribution in [-0.4, -0.2) is 31.4 Å². The minimum Gasteiger partial charge on any atom is -0.349 e.